The summed E-state index contributed by atoms with van der Waals surface area (Å²) in [7, 11) is 0. The van der Waals surface area contributed by atoms with Crippen LogP contribution in [0.2, 0.25) is 0 Å². The minimum atomic E-state index is -0.0256. The quantitative estimate of drug-likeness (QED) is 0.0749. The molecule has 0 heterocycles. The third-order valence-corrected chi connectivity index (χ3v) is 12.7. The molecule has 0 spiro atoms. The van der Waals surface area contributed by atoms with Gasteiger partial charge in [-0.15, -0.1) is 0 Å². The van der Waals surface area contributed by atoms with Gasteiger partial charge >= 0.3 is 0 Å². The Labute approximate surface area is 321 Å². The molecule has 0 unspecified atom stereocenters. The first-order chi connectivity index (χ1) is 26.0. The molecular weight excluding hydrogens is 649 g/mol. The Morgan fingerprint density at radius 3 is 1.23 bits per heavy atom. The maximum absolute atomic E-state index is 6.18. The summed E-state index contributed by atoms with van der Waals surface area (Å²) in [6.45, 7) is 2.30. The van der Waals surface area contributed by atoms with E-state index in [4.69, 9.17) is 20.9 Å². The van der Waals surface area contributed by atoms with Gasteiger partial charge in [-0.3, -0.25) is 0 Å². The Kier molecular flexibility index (Phi) is 14.6. The maximum Gasteiger partial charge on any atom is 0.127 e. The highest BCUT2D eigenvalue weighted by molar-refractivity contribution is 5.47. The van der Waals surface area contributed by atoms with E-state index < -0.39 is 0 Å². The summed E-state index contributed by atoms with van der Waals surface area (Å²) in [6.07, 6.45) is 28.0. The lowest BCUT2D eigenvalue weighted by molar-refractivity contribution is 0.140. The number of hydrogen-bond acceptors (Lipinski definition) is 4. The van der Waals surface area contributed by atoms with Crippen molar-refractivity contribution in [1.82, 2.24) is 0 Å². The Morgan fingerprint density at radius 2 is 0.811 bits per heavy atom. The van der Waals surface area contributed by atoms with E-state index in [9.17, 15) is 0 Å². The third kappa shape index (κ3) is 11.3. The van der Waals surface area contributed by atoms with E-state index >= 15 is 0 Å². The molecule has 2 aliphatic carbocycles. The molecule has 284 valence electrons. The first kappa shape index (κ1) is 38.8. The van der Waals surface area contributed by atoms with Gasteiger partial charge in [-0.2, -0.15) is 0 Å². The zero-order valence-electron chi connectivity index (χ0n) is 32.6. The summed E-state index contributed by atoms with van der Waals surface area (Å²) >= 11 is 0. The Hall–Kier alpha value is -3.92. The van der Waals surface area contributed by atoms with Crippen molar-refractivity contribution in [2.45, 2.75) is 141 Å². The van der Waals surface area contributed by atoms with Gasteiger partial charge in [-0.25, -0.2) is 0 Å². The number of rotatable bonds is 19. The van der Waals surface area contributed by atoms with Crippen LogP contribution in [0.25, 0.3) is 0 Å². The fourth-order valence-corrected chi connectivity index (χ4v) is 9.42. The van der Waals surface area contributed by atoms with E-state index in [0.717, 1.165) is 52.1 Å². The minimum Gasteiger partial charge on any atom is -0.457 e. The summed E-state index contributed by atoms with van der Waals surface area (Å²) in [5.41, 5.74) is 16.0. The zero-order chi connectivity index (χ0) is 36.7. The van der Waals surface area contributed by atoms with Crippen LogP contribution in [-0.2, 0) is 5.41 Å². The summed E-state index contributed by atoms with van der Waals surface area (Å²) in [4.78, 5) is 0. The van der Waals surface area contributed by atoms with Crippen LogP contribution in [0.3, 0.4) is 0 Å². The fraction of sp³-hybridized carbons (Fsp3) is 0.510. The number of nitrogens with two attached hydrogens (primary N) is 2. The molecule has 0 aromatic heterocycles. The molecule has 0 amide bonds. The van der Waals surface area contributed by atoms with Gasteiger partial charge < -0.3 is 20.9 Å². The highest BCUT2D eigenvalue weighted by Crippen LogP contribution is 2.51. The molecule has 0 atom stereocenters. The number of anilines is 2. The third-order valence-electron chi connectivity index (χ3n) is 12.7. The van der Waals surface area contributed by atoms with Crippen molar-refractivity contribution in [2.75, 3.05) is 11.5 Å². The maximum atomic E-state index is 6.18. The van der Waals surface area contributed by atoms with Crippen molar-refractivity contribution >= 4 is 11.4 Å². The molecular formula is C49H66N2O2. The number of hydrogen-bond donors (Lipinski definition) is 2. The SMILES string of the molecule is CCCCCCCCCCCCC[C@H]1CC[C@H](C2CCC(c3ccc(Oc4ccc(N)cc4)cc3)(c3ccc(Oc4ccc(N)cc4)cc3)CC2)CC1. The topological polar surface area (TPSA) is 70.5 Å². The van der Waals surface area contributed by atoms with Crippen LogP contribution in [0.1, 0.15) is 146 Å². The smallest absolute Gasteiger partial charge is 0.127 e. The van der Waals surface area contributed by atoms with Crippen LogP contribution in [0.15, 0.2) is 97.1 Å². The van der Waals surface area contributed by atoms with Gasteiger partial charge in [0.25, 0.3) is 0 Å². The van der Waals surface area contributed by atoms with E-state index in [1.165, 1.54) is 140 Å². The number of ether oxygens (including phenoxy) is 2. The monoisotopic (exact) mass is 715 g/mol. The normalized spacial score (nSPS) is 18.8. The molecule has 6 rings (SSSR count). The molecule has 4 aromatic carbocycles. The molecule has 0 saturated heterocycles. The van der Waals surface area contributed by atoms with Gasteiger partial charge in [-0.05, 0) is 140 Å². The molecule has 4 heteroatoms. The first-order valence-corrected chi connectivity index (χ1v) is 21.3. The van der Waals surface area contributed by atoms with E-state index in [-0.39, 0.29) is 5.41 Å². The zero-order valence-corrected chi connectivity index (χ0v) is 32.6. The predicted octanol–water partition coefficient (Wildman–Crippen LogP) is 14.4. The van der Waals surface area contributed by atoms with Gasteiger partial charge in [0.1, 0.15) is 23.0 Å². The number of unbranched alkanes of at least 4 members (excludes halogenated alkanes) is 10. The van der Waals surface area contributed by atoms with Crippen molar-refractivity contribution in [3.05, 3.63) is 108 Å². The molecule has 2 aliphatic rings. The highest BCUT2D eigenvalue weighted by Gasteiger charge is 2.41. The molecule has 0 aliphatic heterocycles. The van der Waals surface area contributed by atoms with Crippen molar-refractivity contribution in [3.63, 3.8) is 0 Å². The van der Waals surface area contributed by atoms with Gasteiger partial charge in [-0.1, -0.05) is 121 Å². The van der Waals surface area contributed by atoms with Crippen LogP contribution in [0.4, 0.5) is 11.4 Å². The summed E-state index contributed by atoms with van der Waals surface area (Å²) < 4.78 is 12.4. The second-order valence-corrected chi connectivity index (χ2v) is 16.4. The second kappa shape index (κ2) is 20.0. The van der Waals surface area contributed by atoms with Crippen molar-refractivity contribution < 1.29 is 9.47 Å². The Balaban J connectivity index is 1.02. The van der Waals surface area contributed by atoms with Crippen molar-refractivity contribution in [1.29, 1.82) is 0 Å². The van der Waals surface area contributed by atoms with Crippen LogP contribution in [-0.4, -0.2) is 0 Å². The van der Waals surface area contributed by atoms with Crippen molar-refractivity contribution in [2.24, 2.45) is 17.8 Å². The average molecular weight is 715 g/mol. The van der Waals surface area contributed by atoms with Crippen LogP contribution < -0.4 is 20.9 Å². The predicted molar refractivity (Wildman–Crippen MR) is 224 cm³/mol. The van der Waals surface area contributed by atoms with E-state index in [0.29, 0.717) is 0 Å². The molecule has 4 nitrogen and oxygen atoms in total. The summed E-state index contributed by atoms with van der Waals surface area (Å²) in [5.74, 6) is 5.99. The van der Waals surface area contributed by atoms with E-state index in [2.05, 4.69) is 55.5 Å². The minimum absolute atomic E-state index is 0.0256. The van der Waals surface area contributed by atoms with Gasteiger partial charge in [0.05, 0.1) is 0 Å². The Morgan fingerprint density at radius 1 is 0.453 bits per heavy atom. The van der Waals surface area contributed by atoms with Gasteiger partial charge in [0.15, 0.2) is 0 Å². The van der Waals surface area contributed by atoms with Crippen LogP contribution in [0.5, 0.6) is 23.0 Å². The number of benzene rings is 4. The second-order valence-electron chi connectivity index (χ2n) is 16.4. The lowest BCUT2D eigenvalue weighted by atomic mass is 9.60. The van der Waals surface area contributed by atoms with Crippen molar-refractivity contribution in [3.8, 4) is 23.0 Å². The summed E-state index contributed by atoms with van der Waals surface area (Å²) in [6, 6.07) is 32.9. The number of nitrogen functional groups attached to an aromatic ring is 2. The summed E-state index contributed by atoms with van der Waals surface area (Å²) in [5, 5.41) is 0. The van der Waals surface area contributed by atoms with Gasteiger partial charge in [0, 0.05) is 16.8 Å². The molecule has 2 fully saturated rings. The molecule has 2 saturated carbocycles. The Bertz CT molecular complexity index is 1500. The molecule has 4 N–H and O–H groups in total. The van der Waals surface area contributed by atoms with Crippen LogP contribution >= 0.6 is 0 Å². The first-order valence-electron chi connectivity index (χ1n) is 21.3. The van der Waals surface area contributed by atoms with Crippen LogP contribution in [0, 0.1) is 17.8 Å². The molecule has 0 radical (unpaired) electrons. The average Bonchev–Trinajstić information content (AvgIpc) is 3.20. The van der Waals surface area contributed by atoms with E-state index in [1.807, 2.05) is 48.5 Å². The van der Waals surface area contributed by atoms with E-state index in [1.54, 1.807) is 0 Å². The lowest BCUT2D eigenvalue weighted by Crippen LogP contribution is -2.35. The molecule has 0 bridgehead atoms. The largest absolute Gasteiger partial charge is 0.457 e. The molecule has 4 aromatic rings. The molecule has 53 heavy (non-hydrogen) atoms. The lowest BCUT2D eigenvalue weighted by Gasteiger charge is -2.44. The highest BCUT2D eigenvalue weighted by atomic mass is 16.5. The standard InChI is InChI=1S/C49H66N2O2/c1-2-3-4-5-6-7-8-9-10-11-12-13-38-14-16-39(17-15-38)40-34-36-49(37-35-40,41-18-26-45(27-19-41)52-47-30-22-43(50)23-31-47)42-20-28-46(29-21-42)53-48-32-24-44(51)25-33-48/h18-33,38-40H,2-17,34-37,50-51H2,1H3/t38-,39-. The fourth-order valence-electron chi connectivity index (χ4n) is 9.42. The van der Waals surface area contributed by atoms with Gasteiger partial charge in [0.2, 0.25) is 0 Å².